The first-order chi connectivity index (χ1) is 5.13. The number of hydrogen-bond donors (Lipinski definition) is 0. The standard InChI is InChI=1S/C8H6BFO/c1-5(11)6-3-2-4-7(9)8(6)10/h2-4H,1H3. The fourth-order valence-corrected chi connectivity index (χ4v) is 0.822. The van der Waals surface area contributed by atoms with E-state index in [-0.39, 0.29) is 16.8 Å². The molecule has 0 amide bonds. The number of carbonyl (C=O) groups is 1. The van der Waals surface area contributed by atoms with E-state index in [4.69, 9.17) is 7.85 Å². The molecule has 0 heterocycles. The first kappa shape index (κ1) is 7.99. The predicted octanol–water partition coefficient (Wildman–Crippen LogP) is 0.822. The highest BCUT2D eigenvalue weighted by atomic mass is 19.1. The molecule has 0 aliphatic heterocycles. The Morgan fingerprint density at radius 2 is 2.18 bits per heavy atom. The Morgan fingerprint density at radius 3 is 2.64 bits per heavy atom. The number of benzene rings is 1. The minimum absolute atomic E-state index is 0.0118. The van der Waals surface area contributed by atoms with Crippen LogP contribution in [0.5, 0.6) is 0 Å². The van der Waals surface area contributed by atoms with E-state index in [1.54, 1.807) is 6.07 Å². The van der Waals surface area contributed by atoms with Crippen molar-refractivity contribution in [2.45, 2.75) is 6.92 Å². The van der Waals surface area contributed by atoms with Gasteiger partial charge in [0.15, 0.2) is 5.78 Å². The highest BCUT2D eigenvalue weighted by Gasteiger charge is 2.06. The summed E-state index contributed by atoms with van der Waals surface area (Å²) in [6.45, 7) is 1.30. The first-order valence-electron chi connectivity index (χ1n) is 3.18. The van der Waals surface area contributed by atoms with Gasteiger partial charge >= 0.3 is 0 Å². The number of carbonyl (C=O) groups excluding carboxylic acids is 1. The molecule has 0 saturated heterocycles. The maximum atomic E-state index is 12.9. The Morgan fingerprint density at radius 1 is 1.55 bits per heavy atom. The summed E-state index contributed by atoms with van der Waals surface area (Å²) in [5.41, 5.74) is 0.0581. The number of Topliss-reactive ketones (excluding diaryl/α,β-unsaturated/α-hetero) is 1. The summed E-state index contributed by atoms with van der Waals surface area (Å²) in [4.78, 5) is 10.7. The zero-order valence-electron chi connectivity index (χ0n) is 6.10. The zero-order valence-corrected chi connectivity index (χ0v) is 6.10. The topological polar surface area (TPSA) is 17.1 Å². The molecule has 0 spiro atoms. The lowest BCUT2D eigenvalue weighted by atomic mass is 9.92. The molecule has 11 heavy (non-hydrogen) atoms. The van der Waals surface area contributed by atoms with E-state index in [1.165, 1.54) is 19.1 Å². The number of halogens is 1. The lowest BCUT2D eigenvalue weighted by Crippen LogP contribution is -2.12. The minimum atomic E-state index is -0.625. The summed E-state index contributed by atoms with van der Waals surface area (Å²) in [6.07, 6.45) is 0. The van der Waals surface area contributed by atoms with Crippen molar-refractivity contribution in [3.05, 3.63) is 29.6 Å². The van der Waals surface area contributed by atoms with Crippen LogP contribution in [0.1, 0.15) is 17.3 Å². The van der Waals surface area contributed by atoms with Gasteiger partial charge in [-0.05, 0) is 13.0 Å². The van der Waals surface area contributed by atoms with Crippen LogP contribution >= 0.6 is 0 Å². The van der Waals surface area contributed by atoms with E-state index in [0.717, 1.165) is 0 Å². The van der Waals surface area contributed by atoms with E-state index < -0.39 is 5.82 Å². The Hall–Kier alpha value is -1.12. The molecule has 1 nitrogen and oxygen atoms in total. The van der Waals surface area contributed by atoms with E-state index in [9.17, 15) is 9.18 Å². The summed E-state index contributed by atoms with van der Waals surface area (Å²) in [5.74, 6) is -0.935. The highest BCUT2D eigenvalue weighted by Crippen LogP contribution is 2.03. The number of hydrogen-bond acceptors (Lipinski definition) is 1. The third-order valence-corrected chi connectivity index (χ3v) is 1.41. The second-order valence-electron chi connectivity index (χ2n) is 2.26. The molecule has 0 atom stereocenters. The fraction of sp³-hybridized carbons (Fsp3) is 0.125. The number of ketones is 1. The lowest BCUT2D eigenvalue weighted by molar-refractivity contribution is 0.101. The van der Waals surface area contributed by atoms with E-state index >= 15 is 0 Å². The summed E-state index contributed by atoms with van der Waals surface area (Å²) >= 11 is 0. The second kappa shape index (κ2) is 2.87. The molecule has 3 heteroatoms. The van der Waals surface area contributed by atoms with Crippen LogP contribution in [0, 0.1) is 5.82 Å². The molecule has 54 valence electrons. The first-order valence-corrected chi connectivity index (χ1v) is 3.18. The summed E-state index contributed by atoms with van der Waals surface area (Å²) in [5, 5.41) is 0. The molecule has 0 bridgehead atoms. The molecular weight excluding hydrogens is 142 g/mol. The molecule has 0 aliphatic carbocycles. The summed E-state index contributed by atoms with van der Waals surface area (Å²) in [7, 11) is 5.23. The molecule has 0 unspecified atom stereocenters. The van der Waals surface area contributed by atoms with Crippen LogP contribution in [0.2, 0.25) is 0 Å². The van der Waals surface area contributed by atoms with Gasteiger partial charge in [0.05, 0.1) is 5.56 Å². The van der Waals surface area contributed by atoms with Gasteiger partial charge in [0, 0.05) is 0 Å². The third-order valence-electron chi connectivity index (χ3n) is 1.41. The van der Waals surface area contributed by atoms with Crippen LogP contribution in [0.3, 0.4) is 0 Å². The normalized spacial score (nSPS) is 9.64. The van der Waals surface area contributed by atoms with Crippen molar-refractivity contribution >= 4 is 19.1 Å². The van der Waals surface area contributed by atoms with Crippen LogP contribution in [0.25, 0.3) is 0 Å². The SMILES string of the molecule is [B]c1cccc(C(C)=O)c1F. The van der Waals surface area contributed by atoms with E-state index in [2.05, 4.69) is 0 Å². The fourth-order valence-electron chi connectivity index (χ4n) is 0.822. The summed E-state index contributed by atoms with van der Waals surface area (Å²) < 4.78 is 12.9. The average molecular weight is 148 g/mol. The maximum absolute atomic E-state index is 12.9. The third kappa shape index (κ3) is 1.48. The highest BCUT2D eigenvalue weighted by molar-refractivity contribution is 6.32. The molecule has 1 aromatic rings. The zero-order chi connectivity index (χ0) is 8.43. The molecule has 0 N–H and O–H groups in total. The molecule has 1 rings (SSSR count). The Balaban J connectivity index is 3.27. The molecule has 0 saturated carbocycles. The monoisotopic (exact) mass is 148 g/mol. The quantitative estimate of drug-likeness (QED) is 0.425. The van der Waals surface area contributed by atoms with E-state index in [0.29, 0.717) is 0 Å². The Bertz CT molecular complexity index is 296. The van der Waals surface area contributed by atoms with Crippen molar-refractivity contribution in [2.75, 3.05) is 0 Å². The summed E-state index contributed by atoms with van der Waals surface area (Å²) in [6, 6.07) is 4.38. The molecule has 0 fully saturated rings. The van der Waals surface area contributed by atoms with Crippen molar-refractivity contribution in [1.82, 2.24) is 0 Å². The second-order valence-corrected chi connectivity index (χ2v) is 2.26. The van der Waals surface area contributed by atoms with Crippen molar-refractivity contribution in [1.29, 1.82) is 0 Å². The van der Waals surface area contributed by atoms with Crippen molar-refractivity contribution < 1.29 is 9.18 Å². The van der Waals surface area contributed by atoms with Crippen LogP contribution in [-0.2, 0) is 0 Å². The Labute approximate surface area is 65.6 Å². The molecule has 2 radical (unpaired) electrons. The molecule has 0 aliphatic rings. The average Bonchev–Trinajstić information content (AvgIpc) is 1.94. The largest absolute Gasteiger partial charge is 0.294 e. The van der Waals surface area contributed by atoms with Crippen LogP contribution in [0.15, 0.2) is 18.2 Å². The minimum Gasteiger partial charge on any atom is -0.294 e. The maximum Gasteiger partial charge on any atom is 0.162 e. The van der Waals surface area contributed by atoms with Gasteiger partial charge in [-0.25, -0.2) is 4.39 Å². The van der Waals surface area contributed by atoms with Gasteiger partial charge in [0.2, 0.25) is 0 Å². The van der Waals surface area contributed by atoms with Crippen LogP contribution in [0.4, 0.5) is 4.39 Å². The molecular formula is C8H6BFO. The Kier molecular flexibility index (Phi) is 2.08. The van der Waals surface area contributed by atoms with Gasteiger partial charge in [-0.2, -0.15) is 0 Å². The van der Waals surface area contributed by atoms with Gasteiger partial charge in [0.25, 0.3) is 0 Å². The van der Waals surface area contributed by atoms with Crippen molar-refractivity contribution in [2.24, 2.45) is 0 Å². The molecule has 1 aromatic carbocycles. The van der Waals surface area contributed by atoms with Crippen molar-refractivity contribution in [3.63, 3.8) is 0 Å². The molecule has 0 aromatic heterocycles. The van der Waals surface area contributed by atoms with Crippen LogP contribution < -0.4 is 5.46 Å². The predicted molar refractivity (Wildman–Crippen MR) is 41.8 cm³/mol. The van der Waals surface area contributed by atoms with Crippen molar-refractivity contribution in [3.8, 4) is 0 Å². The van der Waals surface area contributed by atoms with Gasteiger partial charge in [-0.1, -0.05) is 17.6 Å². The lowest BCUT2D eigenvalue weighted by Gasteiger charge is -2.00. The van der Waals surface area contributed by atoms with Gasteiger partial charge in [0.1, 0.15) is 13.7 Å². The van der Waals surface area contributed by atoms with Gasteiger partial charge in [-0.15, -0.1) is 0 Å². The van der Waals surface area contributed by atoms with E-state index in [1.807, 2.05) is 0 Å². The number of rotatable bonds is 1. The van der Waals surface area contributed by atoms with Gasteiger partial charge in [-0.3, -0.25) is 4.79 Å². The smallest absolute Gasteiger partial charge is 0.162 e. The van der Waals surface area contributed by atoms with Crippen LogP contribution in [-0.4, -0.2) is 13.6 Å². The van der Waals surface area contributed by atoms with Gasteiger partial charge < -0.3 is 0 Å².